The van der Waals surface area contributed by atoms with Gasteiger partial charge in [0.1, 0.15) is 0 Å². The maximum absolute atomic E-state index is 12.9. The summed E-state index contributed by atoms with van der Waals surface area (Å²) in [6.45, 7) is 7.40. The van der Waals surface area contributed by atoms with Crippen molar-refractivity contribution >= 4 is 23.4 Å². The Labute approximate surface area is 200 Å². The molecule has 4 rings (SSSR count). The molecule has 2 aromatic rings. The summed E-state index contributed by atoms with van der Waals surface area (Å²) in [6, 6.07) is 9.25. The number of hydrogen-bond acceptors (Lipinski definition) is 5. The number of amides is 3. The van der Waals surface area contributed by atoms with Gasteiger partial charge >= 0.3 is 0 Å². The van der Waals surface area contributed by atoms with Crippen LogP contribution in [0.15, 0.2) is 30.3 Å². The zero-order valence-electron chi connectivity index (χ0n) is 20.1. The first-order chi connectivity index (χ1) is 16.5. The van der Waals surface area contributed by atoms with Crippen LogP contribution in [-0.2, 0) is 29.6 Å². The van der Waals surface area contributed by atoms with Crippen molar-refractivity contribution in [3.05, 3.63) is 47.3 Å². The lowest BCUT2D eigenvalue weighted by molar-refractivity contribution is -0.138. The number of aryl methyl sites for hydroxylation is 1. The minimum absolute atomic E-state index is 0.0477. The Morgan fingerprint density at radius 1 is 0.941 bits per heavy atom. The van der Waals surface area contributed by atoms with Gasteiger partial charge in [-0.3, -0.25) is 24.0 Å². The molecule has 0 atom stereocenters. The third-order valence-electron chi connectivity index (χ3n) is 6.66. The molecular weight excluding hydrogens is 432 g/mol. The summed E-state index contributed by atoms with van der Waals surface area (Å²) in [6.07, 6.45) is 2.17. The van der Waals surface area contributed by atoms with Crippen molar-refractivity contribution in [1.82, 2.24) is 24.5 Å². The molecule has 3 heterocycles. The number of nitrogens with zero attached hydrogens (tertiary/aromatic N) is 5. The molecule has 0 spiro atoms. The largest absolute Gasteiger partial charge is 0.340 e. The molecule has 0 saturated carbocycles. The van der Waals surface area contributed by atoms with Crippen molar-refractivity contribution in [3.63, 3.8) is 0 Å². The molecule has 2 aliphatic rings. The van der Waals surface area contributed by atoms with E-state index in [9.17, 15) is 14.4 Å². The lowest BCUT2D eigenvalue weighted by Crippen LogP contribution is -2.49. The molecule has 0 aliphatic carbocycles. The van der Waals surface area contributed by atoms with E-state index in [-0.39, 0.29) is 30.6 Å². The number of rotatable bonds is 7. The molecule has 0 bridgehead atoms. The third-order valence-corrected chi connectivity index (χ3v) is 6.66. The Hall–Kier alpha value is -3.20. The average molecular weight is 467 g/mol. The van der Waals surface area contributed by atoms with Gasteiger partial charge in [0.15, 0.2) is 5.69 Å². The zero-order valence-corrected chi connectivity index (χ0v) is 20.1. The number of piperazine rings is 1. The van der Waals surface area contributed by atoms with E-state index in [4.69, 9.17) is 0 Å². The van der Waals surface area contributed by atoms with E-state index in [2.05, 4.69) is 22.2 Å². The monoisotopic (exact) mass is 466 g/mol. The highest BCUT2D eigenvalue weighted by atomic mass is 16.2. The van der Waals surface area contributed by atoms with Crippen LogP contribution in [0.25, 0.3) is 0 Å². The first-order valence-corrected chi connectivity index (χ1v) is 12.1. The number of hydrogen-bond donors (Lipinski definition) is 1. The molecule has 34 heavy (non-hydrogen) atoms. The van der Waals surface area contributed by atoms with Crippen molar-refractivity contribution in [3.8, 4) is 0 Å². The molecule has 9 nitrogen and oxygen atoms in total. The summed E-state index contributed by atoms with van der Waals surface area (Å²) in [5, 5.41) is 7.32. The highest BCUT2D eigenvalue weighted by Gasteiger charge is 2.30. The van der Waals surface area contributed by atoms with Gasteiger partial charge in [0.05, 0.1) is 0 Å². The van der Waals surface area contributed by atoms with Crippen molar-refractivity contribution in [2.75, 3.05) is 44.6 Å². The molecule has 2 aliphatic heterocycles. The van der Waals surface area contributed by atoms with E-state index in [1.807, 2.05) is 42.3 Å². The number of anilines is 1. The van der Waals surface area contributed by atoms with Crippen LogP contribution < -0.4 is 5.32 Å². The highest BCUT2D eigenvalue weighted by molar-refractivity contribution is 6.04. The quantitative estimate of drug-likeness (QED) is 0.673. The first-order valence-electron chi connectivity index (χ1n) is 12.1. The number of para-hydroxylation sites is 1. The van der Waals surface area contributed by atoms with Gasteiger partial charge in [0.25, 0.3) is 5.91 Å². The number of carbonyl (C=O) groups excluding carboxylic acids is 3. The molecule has 1 saturated heterocycles. The van der Waals surface area contributed by atoms with E-state index in [0.29, 0.717) is 30.9 Å². The molecular formula is C25H34N6O3. The zero-order chi connectivity index (χ0) is 24.1. The second-order valence-electron chi connectivity index (χ2n) is 9.01. The van der Waals surface area contributed by atoms with Crippen LogP contribution in [0.3, 0.4) is 0 Å². The number of fused-ring (bicyclic) bond motifs is 1. The lowest BCUT2D eigenvalue weighted by atomic mass is 10.0. The molecule has 1 N–H and O–H groups in total. The van der Waals surface area contributed by atoms with E-state index in [1.54, 1.807) is 9.58 Å². The van der Waals surface area contributed by atoms with E-state index < -0.39 is 0 Å². The maximum Gasteiger partial charge on any atom is 0.276 e. The van der Waals surface area contributed by atoms with Crippen LogP contribution in [0.4, 0.5) is 5.69 Å². The van der Waals surface area contributed by atoms with Gasteiger partial charge in [-0.25, -0.2) is 0 Å². The Morgan fingerprint density at radius 2 is 1.62 bits per heavy atom. The normalized spacial score (nSPS) is 16.3. The second-order valence-corrected chi connectivity index (χ2v) is 9.01. The van der Waals surface area contributed by atoms with Crippen molar-refractivity contribution in [2.45, 2.75) is 39.2 Å². The van der Waals surface area contributed by atoms with Crippen molar-refractivity contribution in [1.29, 1.82) is 0 Å². The van der Waals surface area contributed by atoms with Crippen molar-refractivity contribution < 1.29 is 14.4 Å². The van der Waals surface area contributed by atoms with E-state index >= 15 is 0 Å². The Bertz CT molecular complexity index is 1030. The lowest BCUT2D eigenvalue weighted by Gasteiger charge is -2.34. The van der Waals surface area contributed by atoms with E-state index in [0.717, 1.165) is 50.4 Å². The van der Waals surface area contributed by atoms with Crippen LogP contribution >= 0.6 is 0 Å². The molecule has 1 aromatic carbocycles. The predicted molar refractivity (Wildman–Crippen MR) is 129 cm³/mol. The summed E-state index contributed by atoms with van der Waals surface area (Å²) in [4.78, 5) is 44.5. The van der Waals surface area contributed by atoms with Gasteiger partial charge < -0.3 is 15.1 Å². The summed E-state index contributed by atoms with van der Waals surface area (Å²) in [5.41, 5.74) is 2.81. The number of carbonyl (C=O) groups is 3. The number of aromatic nitrogens is 2. The van der Waals surface area contributed by atoms with Crippen LogP contribution in [0.1, 0.15) is 47.9 Å². The molecule has 1 fully saturated rings. The summed E-state index contributed by atoms with van der Waals surface area (Å²) in [5.74, 6) is -0.289. The highest BCUT2D eigenvalue weighted by Crippen LogP contribution is 2.24. The van der Waals surface area contributed by atoms with Gasteiger partial charge in [-0.1, -0.05) is 25.1 Å². The van der Waals surface area contributed by atoms with Gasteiger partial charge in [0.2, 0.25) is 11.8 Å². The van der Waals surface area contributed by atoms with Crippen molar-refractivity contribution in [2.24, 2.45) is 7.05 Å². The topological polar surface area (TPSA) is 90.8 Å². The fraction of sp³-hybridized carbons (Fsp3) is 0.520. The fourth-order valence-electron chi connectivity index (χ4n) is 4.77. The van der Waals surface area contributed by atoms with Crippen LogP contribution in [0.5, 0.6) is 0 Å². The standard InChI is InChI=1S/C25H34N6O3/c1-3-12-29-14-16-30(17-15-29)22(32)9-10-23(33)31-13-11-21-20(18-31)24(27-28(21)2)25(34)26-19-7-5-4-6-8-19/h4-8H,3,9-18H2,1-2H3,(H,26,34). The Morgan fingerprint density at radius 3 is 2.29 bits per heavy atom. The minimum Gasteiger partial charge on any atom is -0.340 e. The third kappa shape index (κ3) is 5.47. The second kappa shape index (κ2) is 10.8. The molecule has 182 valence electrons. The number of nitrogens with one attached hydrogen (secondary N) is 1. The van der Waals surface area contributed by atoms with Crippen LogP contribution in [-0.4, -0.2) is 81.5 Å². The summed E-state index contributed by atoms with van der Waals surface area (Å²) >= 11 is 0. The van der Waals surface area contributed by atoms with Gasteiger partial charge in [-0.2, -0.15) is 5.10 Å². The molecule has 1 aromatic heterocycles. The van der Waals surface area contributed by atoms with E-state index in [1.165, 1.54) is 0 Å². The molecule has 3 amide bonds. The maximum atomic E-state index is 12.9. The number of benzene rings is 1. The van der Waals surface area contributed by atoms with Gasteiger partial charge in [0, 0.05) is 82.5 Å². The van der Waals surface area contributed by atoms with Gasteiger partial charge in [-0.05, 0) is 25.1 Å². The van der Waals surface area contributed by atoms with Crippen LogP contribution in [0.2, 0.25) is 0 Å². The molecule has 9 heteroatoms. The Kier molecular flexibility index (Phi) is 7.62. The molecule has 0 radical (unpaired) electrons. The smallest absolute Gasteiger partial charge is 0.276 e. The summed E-state index contributed by atoms with van der Waals surface area (Å²) in [7, 11) is 1.83. The first kappa shape index (κ1) is 23.9. The molecule has 0 unspecified atom stereocenters. The minimum atomic E-state index is -0.283. The Balaban J connectivity index is 1.33. The summed E-state index contributed by atoms with van der Waals surface area (Å²) < 4.78 is 1.73. The van der Waals surface area contributed by atoms with Gasteiger partial charge in [-0.15, -0.1) is 0 Å². The van der Waals surface area contributed by atoms with Crippen LogP contribution in [0, 0.1) is 0 Å². The average Bonchev–Trinajstić information content (AvgIpc) is 3.19. The SMILES string of the molecule is CCCN1CCN(C(=O)CCC(=O)N2CCc3c(c(C(=O)Nc4ccccc4)nn3C)C2)CC1. The fourth-order valence-corrected chi connectivity index (χ4v) is 4.77. The predicted octanol–water partition coefficient (Wildman–Crippen LogP) is 1.89.